The first-order chi connectivity index (χ1) is 6.20. The molecule has 0 spiro atoms. The lowest BCUT2D eigenvalue weighted by atomic mass is 10.2. The van der Waals surface area contributed by atoms with Crippen molar-refractivity contribution < 1.29 is 4.57 Å². The number of nitrogens with zero attached hydrogens (tertiary/aromatic N) is 1. The number of hydrogen-bond acceptors (Lipinski definition) is 1. The molecule has 1 aromatic heterocycles. The minimum Gasteiger partial charge on any atom is -0.188 e. The number of aryl methyl sites for hydroxylation is 1. The van der Waals surface area contributed by atoms with Crippen LogP contribution in [0, 0.1) is 0 Å². The van der Waals surface area contributed by atoms with Crippen LogP contribution in [0.3, 0.4) is 0 Å². The van der Waals surface area contributed by atoms with Crippen molar-refractivity contribution in [2.75, 3.05) is 0 Å². The first kappa shape index (κ1) is 8.70. The molecule has 13 heavy (non-hydrogen) atoms. The zero-order valence-corrected chi connectivity index (χ0v) is 9.06. The maximum absolute atomic E-state index is 2.30. The van der Waals surface area contributed by atoms with E-state index in [0.717, 1.165) is 0 Å². The second-order valence-corrected chi connectivity index (χ2v) is 4.68. The van der Waals surface area contributed by atoms with E-state index in [2.05, 4.69) is 49.7 Å². The van der Waals surface area contributed by atoms with Gasteiger partial charge in [-0.2, -0.15) is 4.57 Å². The highest BCUT2D eigenvalue weighted by Crippen LogP contribution is 2.24. The van der Waals surface area contributed by atoms with E-state index in [0.29, 0.717) is 5.92 Å². The van der Waals surface area contributed by atoms with Crippen molar-refractivity contribution in [2.45, 2.75) is 19.8 Å². The van der Waals surface area contributed by atoms with Gasteiger partial charge in [-0.3, -0.25) is 0 Å². The van der Waals surface area contributed by atoms with Gasteiger partial charge in [0, 0.05) is 12.0 Å². The Hall–Kier alpha value is -0.890. The van der Waals surface area contributed by atoms with Crippen LogP contribution in [0.2, 0.25) is 0 Å². The van der Waals surface area contributed by atoms with Crippen molar-refractivity contribution in [1.82, 2.24) is 0 Å². The predicted octanol–water partition coefficient (Wildman–Crippen LogP) is 2.85. The largest absolute Gasteiger partial charge is 0.240 e. The average molecular weight is 192 g/mol. The quantitative estimate of drug-likeness (QED) is 0.612. The lowest BCUT2D eigenvalue weighted by Gasteiger charge is -1.94. The van der Waals surface area contributed by atoms with Gasteiger partial charge in [-0.15, -0.1) is 0 Å². The Balaban J connectivity index is 2.74. The van der Waals surface area contributed by atoms with Crippen LogP contribution >= 0.6 is 11.3 Å². The Morgan fingerprint density at radius 1 is 1.23 bits per heavy atom. The van der Waals surface area contributed by atoms with Crippen LogP contribution in [0.5, 0.6) is 0 Å². The summed E-state index contributed by atoms with van der Waals surface area (Å²) in [5, 5.41) is 1.45. The number of benzene rings is 1. The summed E-state index contributed by atoms with van der Waals surface area (Å²) >= 11 is 1.89. The van der Waals surface area contributed by atoms with E-state index in [4.69, 9.17) is 0 Å². The monoisotopic (exact) mass is 192 g/mol. The van der Waals surface area contributed by atoms with Gasteiger partial charge in [0.15, 0.2) is 0 Å². The normalized spacial score (nSPS) is 11.4. The molecule has 0 unspecified atom stereocenters. The summed E-state index contributed by atoms with van der Waals surface area (Å²) < 4.78 is 3.68. The highest BCUT2D eigenvalue weighted by atomic mass is 32.1. The molecule has 0 aliphatic rings. The molecule has 0 atom stereocenters. The number of thiazole rings is 1. The Kier molecular flexibility index (Phi) is 2.08. The molecule has 1 nitrogen and oxygen atoms in total. The number of aromatic nitrogens is 1. The molecule has 0 bridgehead atoms. The van der Waals surface area contributed by atoms with Crippen LogP contribution in [0.15, 0.2) is 24.3 Å². The van der Waals surface area contributed by atoms with Crippen LogP contribution in [0.4, 0.5) is 0 Å². The molecule has 0 aliphatic carbocycles. The van der Waals surface area contributed by atoms with E-state index >= 15 is 0 Å². The fraction of sp³-hybridized carbons (Fsp3) is 0.364. The molecule has 0 saturated heterocycles. The van der Waals surface area contributed by atoms with E-state index in [1.807, 2.05) is 11.3 Å². The Labute approximate surface area is 82.6 Å². The second-order valence-electron chi connectivity index (χ2n) is 3.62. The maximum Gasteiger partial charge on any atom is 0.240 e. The van der Waals surface area contributed by atoms with Crippen LogP contribution in [-0.4, -0.2) is 0 Å². The van der Waals surface area contributed by atoms with Crippen molar-refractivity contribution >= 4 is 21.6 Å². The second kappa shape index (κ2) is 3.11. The molecule has 1 aromatic carbocycles. The van der Waals surface area contributed by atoms with Gasteiger partial charge >= 0.3 is 0 Å². The minimum atomic E-state index is 0.613. The van der Waals surface area contributed by atoms with Crippen LogP contribution in [0.25, 0.3) is 10.2 Å². The third-order valence-electron chi connectivity index (χ3n) is 2.27. The van der Waals surface area contributed by atoms with Crippen molar-refractivity contribution in [3.63, 3.8) is 0 Å². The predicted molar refractivity (Wildman–Crippen MR) is 57.1 cm³/mol. The smallest absolute Gasteiger partial charge is 0.188 e. The van der Waals surface area contributed by atoms with Crippen molar-refractivity contribution in [3.8, 4) is 0 Å². The van der Waals surface area contributed by atoms with Crippen molar-refractivity contribution in [2.24, 2.45) is 7.05 Å². The molecule has 68 valence electrons. The van der Waals surface area contributed by atoms with Crippen LogP contribution in [-0.2, 0) is 7.05 Å². The van der Waals surface area contributed by atoms with Gasteiger partial charge in [-0.25, -0.2) is 0 Å². The summed E-state index contributed by atoms with van der Waals surface area (Å²) in [6.45, 7) is 4.48. The van der Waals surface area contributed by atoms with Gasteiger partial charge in [-0.05, 0) is 6.07 Å². The standard InChI is InChI=1S/C11H14NS/c1-8(2)11-12(3)9-6-4-5-7-10(9)13-11/h4-8H,1-3H3/q+1. The molecule has 0 N–H and O–H groups in total. The highest BCUT2D eigenvalue weighted by molar-refractivity contribution is 7.18. The number of rotatable bonds is 1. The molecular weight excluding hydrogens is 178 g/mol. The van der Waals surface area contributed by atoms with Crippen LogP contribution < -0.4 is 4.57 Å². The van der Waals surface area contributed by atoms with Gasteiger partial charge in [0.05, 0.1) is 0 Å². The zero-order valence-electron chi connectivity index (χ0n) is 8.24. The maximum atomic E-state index is 2.30. The lowest BCUT2D eigenvalue weighted by molar-refractivity contribution is -0.649. The van der Waals surface area contributed by atoms with Gasteiger partial charge < -0.3 is 0 Å². The number of hydrogen-bond donors (Lipinski definition) is 0. The molecule has 2 aromatic rings. The summed E-state index contributed by atoms with van der Waals surface area (Å²) in [6.07, 6.45) is 0. The zero-order chi connectivity index (χ0) is 9.42. The highest BCUT2D eigenvalue weighted by Gasteiger charge is 2.18. The van der Waals surface area contributed by atoms with Crippen LogP contribution in [0.1, 0.15) is 24.8 Å². The van der Waals surface area contributed by atoms with E-state index in [-0.39, 0.29) is 0 Å². The summed E-state index contributed by atoms with van der Waals surface area (Å²) in [4.78, 5) is 0. The van der Waals surface area contributed by atoms with Crippen molar-refractivity contribution in [1.29, 1.82) is 0 Å². The Morgan fingerprint density at radius 2 is 1.92 bits per heavy atom. The van der Waals surface area contributed by atoms with E-state index < -0.39 is 0 Å². The summed E-state index contributed by atoms with van der Waals surface area (Å²) in [5.74, 6) is 0.613. The molecule has 0 saturated carbocycles. The van der Waals surface area contributed by atoms with Crippen molar-refractivity contribution in [3.05, 3.63) is 29.3 Å². The first-order valence-electron chi connectivity index (χ1n) is 4.57. The topological polar surface area (TPSA) is 3.88 Å². The molecule has 0 amide bonds. The van der Waals surface area contributed by atoms with E-state index in [9.17, 15) is 0 Å². The third-order valence-corrected chi connectivity index (χ3v) is 3.79. The lowest BCUT2D eigenvalue weighted by Crippen LogP contribution is -2.31. The van der Waals surface area contributed by atoms with Gasteiger partial charge in [0.2, 0.25) is 10.5 Å². The third kappa shape index (κ3) is 1.35. The number of para-hydroxylation sites is 1. The Bertz CT molecular complexity index is 429. The molecule has 0 aliphatic heterocycles. The molecule has 0 fully saturated rings. The SMILES string of the molecule is CC(C)c1sc2ccccc2[n+]1C. The molecular formula is C11H14NS+. The summed E-state index contributed by atoms with van der Waals surface area (Å²) in [5.41, 5.74) is 1.34. The molecule has 1 heterocycles. The molecule has 2 rings (SSSR count). The van der Waals surface area contributed by atoms with Gasteiger partial charge in [-0.1, -0.05) is 37.3 Å². The first-order valence-corrected chi connectivity index (χ1v) is 5.39. The summed E-state index contributed by atoms with van der Waals surface area (Å²) in [7, 11) is 2.15. The number of fused-ring (bicyclic) bond motifs is 1. The molecule has 2 heteroatoms. The average Bonchev–Trinajstić information content (AvgIpc) is 2.45. The van der Waals surface area contributed by atoms with E-state index in [1.54, 1.807) is 0 Å². The van der Waals surface area contributed by atoms with E-state index in [1.165, 1.54) is 15.2 Å². The minimum absolute atomic E-state index is 0.613. The summed E-state index contributed by atoms with van der Waals surface area (Å²) in [6, 6.07) is 8.56. The van der Waals surface area contributed by atoms with Gasteiger partial charge in [0.1, 0.15) is 11.7 Å². The van der Waals surface area contributed by atoms with Gasteiger partial charge in [0.25, 0.3) is 0 Å². The fourth-order valence-electron chi connectivity index (χ4n) is 1.63. The fourth-order valence-corrected chi connectivity index (χ4v) is 2.78. The molecule has 0 radical (unpaired) electrons. The Morgan fingerprint density at radius 3 is 2.54 bits per heavy atom.